The van der Waals surface area contributed by atoms with E-state index < -0.39 is 0 Å². The van der Waals surface area contributed by atoms with E-state index in [2.05, 4.69) is 48.7 Å². The van der Waals surface area contributed by atoms with Crippen molar-refractivity contribution in [3.8, 4) is 11.5 Å². The van der Waals surface area contributed by atoms with Crippen molar-refractivity contribution in [3.63, 3.8) is 0 Å². The SMILES string of the molecule is Cc1ccc(C)c(OCCCCn2c(C(C)Oc3ccc(Cl)cc3)nc3ccccc32)c1. The highest BCUT2D eigenvalue weighted by atomic mass is 35.5. The van der Waals surface area contributed by atoms with E-state index >= 15 is 0 Å². The van der Waals surface area contributed by atoms with Gasteiger partial charge in [-0.2, -0.15) is 0 Å². The van der Waals surface area contributed by atoms with Crippen LogP contribution in [0.3, 0.4) is 0 Å². The third-order valence-electron chi connectivity index (χ3n) is 5.55. The second-order valence-electron chi connectivity index (χ2n) is 8.15. The number of para-hydroxylation sites is 2. The number of unbranched alkanes of at least 4 members (excludes halogenated alkanes) is 1. The van der Waals surface area contributed by atoms with Gasteiger partial charge in [-0.1, -0.05) is 35.9 Å². The molecule has 1 unspecified atom stereocenters. The van der Waals surface area contributed by atoms with Crippen molar-refractivity contribution in [1.29, 1.82) is 0 Å². The van der Waals surface area contributed by atoms with Crippen LogP contribution in [0.4, 0.5) is 0 Å². The molecule has 0 aliphatic heterocycles. The highest BCUT2D eigenvalue weighted by Crippen LogP contribution is 2.27. The summed E-state index contributed by atoms with van der Waals surface area (Å²) in [5.41, 5.74) is 4.51. The molecule has 0 spiro atoms. The first-order chi connectivity index (χ1) is 15.5. The topological polar surface area (TPSA) is 36.3 Å². The monoisotopic (exact) mass is 448 g/mol. The summed E-state index contributed by atoms with van der Waals surface area (Å²) in [5, 5.41) is 0.695. The fourth-order valence-corrected chi connectivity index (χ4v) is 3.95. The molecule has 1 aromatic heterocycles. The van der Waals surface area contributed by atoms with E-state index in [0.29, 0.717) is 11.6 Å². The normalized spacial score (nSPS) is 12.1. The zero-order valence-corrected chi connectivity index (χ0v) is 19.6. The lowest BCUT2D eigenvalue weighted by Crippen LogP contribution is -2.13. The van der Waals surface area contributed by atoms with E-state index in [9.17, 15) is 0 Å². The van der Waals surface area contributed by atoms with Crippen molar-refractivity contribution in [2.24, 2.45) is 0 Å². The zero-order valence-electron chi connectivity index (χ0n) is 18.8. The van der Waals surface area contributed by atoms with Crippen LogP contribution in [0.1, 0.15) is 42.8 Å². The Labute approximate surface area is 194 Å². The molecule has 0 N–H and O–H groups in total. The fourth-order valence-electron chi connectivity index (χ4n) is 3.83. The number of hydrogen-bond donors (Lipinski definition) is 0. The molecule has 4 rings (SSSR count). The smallest absolute Gasteiger partial charge is 0.153 e. The maximum Gasteiger partial charge on any atom is 0.153 e. The number of fused-ring (bicyclic) bond motifs is 1. The summed E-state index contributed by atoms with van der Waals surface area (Å²) >= 11 is 6.00. The van der Waals surface area contributed by atoms with Gasteiger partial charge in [0.25, 0.3) is 0 Å². The van der Waals surface area contributed by atoms with E-state index in [-0.39, 0.29) is 6.10 Å². The molecule has 0 radical (unpaired) electrons. The number of halogens is 1. The van der Waals surface area contributed by atoms with Crippen LogP contribution in [0.5, 0.6) is 11.5 Å². The van der Waals surface area contributed by atoms with Crippen LogP contribution in [0.25, 0.3) is 11.0 Å². The Hall–Kier alpha value is -2.98. The predicted octanol–water partition coefficient (Wildman–Crippen LogP) is 7.31. The molecule has 4 nitrogen and oxygen atoms in total. The average molecular weight is 449 g/mol. The van der Waals surface area contributed by atoms with Gasteiger partial charge in [0.15, 0.2) is 11.9 Å². The lowest BCUT2D eigenvalue weighted by molar-refractivity contribution is 0.211. The lowest BCUT2D eigenvalue weighted by atomic mass is 10.1. The molecule has 0 aliphatic rings. The third-order valence-corrected chi connectivity index (χ3v) is 5.80. The molecule has 5 heteroatoms. The lowest BCUT2D eigenvalue weighted by Gasteiger charge is -2.17. The van der Waals surface area contributed by atoms with Gasteiger partial charge in [0.1, 0.15) is 11.5 Å². The largest absolute Gasteiger partial charge is 0.493 e. The minimum absolute atomic E-state index is 0.185. The Morgan fingerprint density at radius 2 is 1.75 bits per heavy atom. The molecule has 4 aromatic rings. The average Bonchev–Trinajstić information content (AvgIpc) is 3.16. The minimum atomic E-state index is -0.185. The van der Waals surface area contributed by atoms with Crippen molar-refractivity contribution >= 4 is 22.6 Å². The first-order valence-electron chi connectivity index (χ1n) is 11.1. The third kappa shape index (κ3) is 5.25. The number of rotatable bonds is 9. The predicted molar refractivity (Wildman–Crippen MR) is 131 cm³/mol. The van der Waals surface area contributed by atoms with Crippen LogP contribution in [-0.4, -0.2) is 16.2 Å². The van der Waals surface area contributed by atoms with Gasteiger partial charge < -0.3 is 14.0 Å². The summed E-state index contributed by atoms with van der Waals surface area (Å²) in [6, 6.07) is 22.0. The summed E-state index contributed by atoms with van der Waals surface area (Å²) in [5.74, 6) is 2.68. The second-order valence-corrected chi connectivity index (χ2v) is 8.59. The molecule has 32 heavy (non-hydrogen) atoms. The van der Waals surface area contributed by atoms with E-state index in [1.165, 1.54) is 11.1 Å². The van der Waals surface area contributed by atoms with Crippen LogP contribution < -0.4 is 9.47 Å². The Morgan fingerprint density at radius 3 is 2.56 bits per heavy atom. The summed E-state index contributed by atoms with van der Waals surface area (Å²) in [6.07, 6.45) is 1.77. The summed E-state index contributed by atoms with van der Waals surface area (Å²) in [4.78, 5) is 4.87. The van der Waals surface area contributed by atoms with Crippen LogP contribution in [-0.2, 0) is 6.54 Å². The van der Waals surface area contributed by atoms with E-state index in [0.717, 1.165) is 47.7 Å². The molecular formula is C27H29ClN2O2. The molecular weight excluding hydrogens is 420 g/mol. The summed E-state index contributed by atoms with van der Waals surface area (Å²) < 4.78 is 14.5. The van der Waals surface area contributed by atoms with Crippen molar-refractivity contribution in [2.45, 2.75) is 46.3 Å². The second kappa shape index (κ2) is 10.1. The Kier molecular flexibility index (Phi) is 7.01. The van der Waals surface area contributed by atoms with Crippen molar-refractivity contribution in [1.82, 2.24) is 9.55 Å². The van der Waals surface area contributed by atoms with Gasteiger partial charge in [0, 0.05) is 11.6 Å². The Morgan fingerprint density at radius 1 is 0.969 bits per heavy atom. The molecule has 0 aliphatic carbocycles. The molecule has 0 bridgehead atoms. The van der Waals surface area contributed by atoms with Gasteiger partial charge in [0.2, 0.25) is 0 Å². The van der Waals surface area contributed by atoms with E-state index in [1.54, 1.807) is 0 Å². The maximum atomic E-state index is 6.17. The molecule has 3 aromatic carbocycles. The quantitative estimate of drug-likeness (QED) is 0.252. The van der Waals surface area contributed by atoms with Crippen molar-refractivity contribution in [2.75, 3.05) is 6.61 Å². The van der Waals surface area contributed by atoms with Gasteiger partial charge in [-0.3, -0.25) is 0 Å². The number of hydrogen-bond acceptors (Lipinski definition) is 3. The standard InChI is InChI=1S/C27H29ClN2O2/c1-19-10-11-20(2)26(18-19)31-17-7-6-16-30-25-9-5-4-8-24(25)29-27(30)21(3)32-23-14-12-22(28)13-15-23/h4-5,8-15,18,21H,6-7,16-17H2,1-3H3. The van der Waals surface area contributed by atoms with E-state index in [4.69, 9.17) is 26.1 Å². The number of benzene rings is 3. The highest BCUT2D eigenvalue weighted by Gasteiger charge is 2.18. The van der Waals surface area contributed by atoms with Gasteiger partial charge in [-0.15, -0.1) is 0 Å². The van der Waals surface area contributed by atoms with Crippen molar-refractivity contribution < 1.29 is 9.47 Å². The number of aryl methyl sites for hydroxylation is 3. The molecule has 0 saturated carbocycles. The number of imidazole rings is 1. The molecule has 0 amide bonds. The van der Waals surface area contributed by atoms with Crippen LogP contribution in [0.2, 0.25) is 5.02 Å². The van der Waals surface area contributed by atoms with Gasteiger partial charge in [-0.05, 0) is 87.2 Å². The zero-order chi connectivity index (χ0) is 22.5. The summed E-state index contributed by atoms with van der Waals surface area (Å²) in [7, 11) is 0. The van der Waals surface area contributed by atoms with Crippen molar-refractivity contribution in [3.05, 3.63) is 88.7 Å². The Bertz CT molecular complexity index is 1180. The number of aromatic nitrogens is 2. The first kappa shape index (κ1) is 22.2. The molecule has 166 valence electrons. The van der Waals surface area contributed by atoms with Crippen LogP contribution in [0, 0.1) is 13.8 Å². The fraction of sp³-hybridized carbons (Fsp3) is 0.296. The highest BCUT2D eigenvalue weighted by molar-refractivity contribution is 6.30. The van der Waals surface area contributed by atoms with Crippen LogP contribution >= 0.6 is 11.6 Å². The number of ether oxygens (including phenoxy) is 2. The maximum absolute atomic E-state index is 6.17. The van der Waals surface area contributed by atoms with Gasteiger partial charge >= 0.3 is 0 Å². The molecule has 0 saturated heterocycles. The number of nitrogens with zero attached hydrogens (tertiary/aromatic N) is 2. The Balaban J connectivity index is 1.43. The molecule has 1 atom stereocenters. The van der Waals surface area contributed by atoms with E-state index in [1.807, 2.05) is 43.3 Å². The first-order valence-corrected chi connectivity index (χ1v) is 11.5. The van der Waals surface area contributed by atoms with Gasteiger partial charge in [-0.25, -0.2) is 4.98 Å². The summed E-state index contributed by atoms with van der Waals surface area (Å²) in [6.45, 7) is 7.77. The van der Waals surface area contributed by atoms with Gasteiger partial charge in [0.05, 0.1) is 17.6 Å². The van der Waals surface area contributed by atoms with Crippen LogP contribution in [0.15, 0.2) is 66.7 Å². The minimum Gasteiger partial charge on any atom is -0.493 e. The molecule has 0 fully saturated rings. The molecule has 1 heterocycles.